The number of rotatable bonds is 1. The summed E-state index contributed by atoms with van der Waals surface area (Å²) in [5.41, 5.74) is 0.126. The summed E-state index contributed by atoms with van der Waals surface area (Å²) < 4.78 is 1.76. The molecule has 5 nitrogen and oxygen atoms in total. The highest BCUT2D eigenvalue weighted by molar-refractivity contribution is 5.86. The zero-order valence-electron chi connectivity index (χ0n) is 8.27. The maximum atomic E-state index is 10.7. The molecule has 0 radical (unpaired) electrons. The minimum Gasteiger partial charge on any atom is -0.476 e. The molecule has 0 amide bonds. The molecule has 2 heterocycles. The van der Waals surface area contributed by atoms with Gasteiger partial charge in [-0.1, -0.05) is 6.92 Å². The predicted octanol–water partition coefficient (Wildman–Crippen LogP) is 0.667. The van der Waals surface area contributed by atoms with Crippen LogP contribution in [0.2, 0.25) is 0 Å². The number of hydrogen-bond acceptors (Lipinski definition) is 3. The fourth-order valence-electron chi connectivity index (χ4n) is 1.87. The van der Waals surface area contributed by atoms with Gasteiger partial charge in [0.1, 0.15) is 5.82 Å². The van der Waals surface area contributed by atoms with Crippen LogP contribution < -0.4 is 4.90 Å². The Kier molecular flexibility index (Phi) is 1.94. The predicted molar refractivity (Wildman–Crippen MR) is 51.6 cm³/mol. The molecule has 1 unspecified atom stereocenters. The van der Waals surface area contributed by atoms with Crippen LogP contribution in [0.3, 0.4) is 0 Å². The van der Waals surface area contributed by atoms with Gasteiger partial charge in [-0.25, -0.2) is 9.48 Å². The van der Waals surface area contributed by atoms with Crippen LogP contribution in [-0.2, 0) is 6.54 Å². The molecule has 5 heteroatoms. The van der Waals surface area contributed by atoms with E-state index in [2.05, 4.69) is 12.0 Å². The molecule has 76 valence electrons. The summed E-state index contributed by atoms with van der Waals surface area (Å²) in [6.45, 7) is 3.87. The number of aromatic nitrogens is 2. The van der Waals surface area contributed by atoms with Crippen molar-refractivity contribution in [2.24, 2.45) is 5.92 Å². The molecule has 0 aromatic carbocycles. The first-order chi connectivity index (χ1) is 6.58. The molecule has 1 atom stereocenters. The van der Waals surface area contributed by atoms with Crippen molar-refractivity contribution in [1.29, 1.82) is 0 Å². The highest BCUT2D eigenvalue weighted by Gasteiger charge is 2.22. The quantitative estimate of drug-likeness (QED) is 0.715. The number of carboxylic acids is 1. The van der Waals surface area contributed by atoms with Crippen molar-refractivity contribution in [2.75, 3.05) is 18.5 Å². The van der Waals surface area contributed by atoms with E-state index in [-0.39, 0.29) is 5.69 Å². The zero-order chi connectivity index (χ0) is 10.3. The Morgan fingerprint density at radius 1 is 1.64 bits per heavy atom. The summed E-state index contributed by atoms with van der Waals surface area (Å²) in [6.07, 6.45) is 0. The van der Waals surface area contributed by atoms with Gasteiger partial charge in [-0.3, -0.25) is 0 Å². The molecule has 0 saturated heterocycles. The highest BCUT2D eigenvalue weighted by atomic mass is 16.4. The van der Waals surface area contributed by atoms with Crippen molar-refractivity contribution >= 4 is 11.8 Å². The number of carbonyl (C=O) groups is 1. The molecule has 1 aliphatic heterocycles. The number of carboxylic acid groups (broad SMARTS) is 1. The molecule has 2 rings (SSSR count). The molecule has 1 aliphatic rings. The van der Waals surface area contributed by atoms with Gasteiger partial charge in [0, 0.05) is 26.2 Å². The number of aromatic carboxylic acids is 1. The second-order valence-electron chi connectivity index (χ2n) is 3.86. The number of anilines is 1. The third kappa shape index (κ3) is 1.34. The Balaban J connectivity index is 2.40. The van der Waals surface area contributed by atoms with E-state index in [1.165, 1.54) is 0 Å². The van der Waals surface area contributed by atoms with E-state index >= 15 is 0 Å². The third-order valence-corrected chi connectivity index (χ3v) is 2.44. The van der Waals surface area contributed by atoms with Gasteiger partial charge in [-0.2, -0.15) is 5.10 Å². The number of hydrogen-bond donors (Lipinski definition) is 1. The summed E-state index contributed by atoms with van der Waals surface area (Å²) in [4.78, 5) is 12.7. The van der Waals surface area contributed by atoms with Gasteiger partial charge in [0.15, 0.2) is 5.69 Å². The monoisotopic (exact) mass is 195 g/mol. The van der Waals surface area contributed by atoms with E-state index in [0.717, 1.165) is 18.9 Å². The SMILES string of the molecule is CC1CN(C)c2cc(C(=O)O)nn2C1. The molecular weight excluding hydrogens is 182 g/mol. The van der Waals surface area contributed by atoms with Crippen LogP contribution in [0.4, 0.5) is 5.82 Å². The van der Waals surface area contributed by atoms with Crippen LogP contribution >= 0.6 is 0 Å². The fraction of sp³-hybridized carbons (Fsp3) is 0.556. The van der Waals surface area contributed by atoms with Crippen molar-refractivity contribution < 1.29 is 9.90 Å². The van der Waals surface area contributed by atoms with E-state index in [1.807, 2.05) is 11.9 Å². The van der Waals surface area contributed by atoms with Crippen molar-refractivity contribution in [3.05, 3.63) is 11.8 Å². The molecule has 1 N–H and O–H groups in total. The van der Waals surface area contributed by atoms with Crippen molar-refractivity contribution in [3.8, 4) is 0 Å². The van der Waals surface area contributed by atoms with E-state index < -0.39 is 5.97 Å². The first-order valence-electron chi connectivity index (χ1n) is 4.60. The normalized spacial score (nSPS) is 20.7. The lowest BCUT2D eigenvalue weighted by Gasteiger charge is -2.29. The second-order valence-corrected chi connectivity index (χ2v) is 3.86. The van der Waals surface area contributed by atoms with Gasteiger partial charge in [0.2, 0.25) is 0 Å². The standard InChI is InChI=1S/C9H13N3O2/c1-6-4-11(2)8-3-7(9(13)14)10-12(8)5-6/h3,6H,4-5H2,1-2H3,(H,13,14). The van der Waals surface area contributed by atoms with E-state index in [0.29, 0.717) is 5.92 Å². The Bertz CT molecular complexity index is 372. The van der Waals surface area contributed by atoms with E-state index in [1.54, 1.807) is 10.7 Å². The minimum absolute atomic E-state index is 0.126. The van der Waals surface area contributed by atoms with Gasteiger partial charge >= 0.3 is 5.97 Å². The molecule has 14 heavy (non-hydrogen) atoms. The van der Waals surface area contributed by atoms with Crippen LogP contribution in [0.5, 0.6) is 0 Å². The Labute approximate surface area is 81.9 Å². The minimum atomic E-state index is -0.965. The molecule has 0 spiro atoms. The van der Waals surface area contributed by atoms with Crippen molar-refractivity contribution in [1.82, 2.24) is 9.78 Å². The Hall–Kier alpha value is -1.52. The van der Waals surface area contributed by atoms with Gasteiger partial charge in [0.05, 0.1) is 0 Å². The molecule has 1 aromatic rings. The lowest BCUT2D eigenvalue weighted by molar-refractivity contribution is 0.0689. The smallest absolute Gasteiger partial charge is 0.356 e. The average Bonchev–Trinajstić information content (AvgIpc) is 2.47. The summed E-state index contributed by atoms with van der Waals surface area (Å²) in [5, 5.41) is 12.8. The maximum absolute atomic E-state index is 10.7. The molecule has 0 aliphatic carbocycles. The number of fused-ring (bicyclic) bond motifs is 1. The van der Waals surface area contributed by atoms with Crippen LogP contribution in [0.25, 0.3) is 0 Å². The third-order valence-electron chi connectivity index (χ3n) is 2.44. The Morgan fingerprint density at radius 3 is 3.00 bits per heavy atom. The zero-order valence-corrected chi connectivity index (χ0v) is 8.27. The first-order valence-corrected chi connectivity index (χ1v) is 4.60. The number of nitrogens with zero attached hydrogens (tertiary/aromatic N) is 3. The van der Waals surface area contributed by atoms with Gasteiger partial charge in [-0.15, -0.1) is 0 Å². The Morgan fingerprint density at radius 2 is 2.36 bits per heavy atom. The largest absolute Gasteiger partial charge is 0.476 e. The summed E-state index contributed by atoms with van der Waals surface area (Å²) in [5.74, 6) is 0.433. The maximum Gasteiger partial charge on any atom is 0.356 e. The van der Waals surface area contributed by atoms with E-state index in [4.69, 9.17) is 5.11 Å². The lowest BCUT2D eigenvalue weighted by atomic mass is 10.1. The van der Waals surface area contributed by atoms with Crippen molar-refractivity contribution in [3.63, 3.8) is 0 Å². The van der Waals surface area contributed by atoms with Crippen molar-refractivity contribution in [2.45, 2.75) is 13.5 Å². The van der Waals surface area contributed by atoms with Crippen LogP contribution in [0.1, 0.15) is 17.4 Å². The second kappa shape index (κ2) is 3.01. The van der Waals surface area contributed by atoms with Gasteiger partial charge in [-0.05, 0) is 5.92 Å². The van der Waals surface area contributed by atoms with E-state index in [9.17, 15) is 4.79 Å². The van der Waals surface area contributed by atoms with Crippen LogP contribution in [-0.4, -0.2) is 34.4 Å². The highest BCUT2D eigenvalue weighted by Crippen LogP contribution is 2.22. The average molecular weight is 195 g/mol. The lowest BCUT2D eigenvalue weighted by Crippen LogP contribution is -2.34. The van der Waals surface area contributed by atoms with Crippen LogP contribution in [0.15, 0.2) is 6.07 Å². The summed E-state index contributed by atoms with van der Waals surface area (Å²) in [7, 11) is 1.95. The molecule has 1 aromatic heterocycles. The fourth-order valence-corrected chi connectivity index (χ4v) is 1.87. The summed E-state index contributed by atoms with van der Waals surface area (Å²) >= 11 is 0. The summed E-state index contributed by atoms with van der Waals surface area (Å²) in [6, 6.07) is 1.62. The van der Waals surface area contributed by atoms with Gasteiger partial charge < -0.3 is 10.0 Å². The topological polar surface area (TPSA) is 58.4 Å². The molecule has 0 bridgehead atoms. The van der Waals surface area contributed by atoms with Gasteiger partial charge in [0.25, 0.3) is 0 Å². The molecule has 0 fully saturated rings. The van der Waals surface area contributed by atoms with Crippen LogP contribution in [0, 0.1) is 5.92 Å². The first kappa shape index (κ1) is 9.05. The molecular formula is C9H13N3O2. The molecule has 0 saturated carbocycles.